The minimum atomic E-state index is -0.579. The summed E-state index contributed by atoms with van der Waals surface area (Å²) in [6, 6.07) is 8.48. The smallest absolute Gasteiger partial charge is 0.358 e. The van der Waals surface area contributed by atoms with Crippen molar-refractivity contribution in [2.45, 2.75) is 13.5 Å². The number of pyridine rings is 1. The summed E-state index contributed by atoms with van der Waals surface area (Å²) in [7, 11) is 0. The molecule has 0 saturated carbocycles. The van der Waals surface area contributed by atoms with E-state index in [9.17, 15) is 9.59 Å². The molecule has 0 bridgehead atoms. The molecule has 0 amide bonds. The Morgan fingerprint density at radius 1 is 1.31 bits per heavy atom. The zero-order chi connectivity index (χ0) is 18.1. The third-order valence-corrected chi connectivity index (χ3v) is 4.51. The SMILES string of the molecule is Cc1ccc2nc(COC(=O)c3csc(-c4ccco4)n3)cc(=O)n2c1. The molecule has 26 heavy (non-hydrogen) atoms. The molecular weight excluding hydrogens is 354 g/mol. The number of carbonyl (C=O) groups excluding carboxylic acids is 1. The first-order valence-corrected chi connectivity index (χ1v) is 8.63. The van der Waals surface area contributed by atoms with Gasteiger partial charge in [0.2, 0.25) is 0 Å². The summed E-state index contributed by atoms with van der Waals surface area (Å²) in [6.45, 7) is 1.79. The fourth-order valence-corrected chi connectivity index (χ4v) is 3.18. The lowest BCUT2D eigenvalue weighted by atomic mass is 10.3. The topological polar surface area (TPSA) is 86.7 Å². The Morgan fingerprint density at radius 2 is 2.19 bits per heavy atom. The van der Waals surface area contributed by atoms with Gasteiger partial charge in [0.15, 0.2) is 16.5 Å². The zero-order valence-corrected chi connectivity index (χ0v) is 14.5. The molecule has 0 aliphatic rings. The van der Waals surface area contributed by atoms with Gasteiger partial charge >= 0.3 is 5.97 Å². The molecule has 0 saturated heterocycles. The number of carbonyl (C=O) groups is 1. The lowest BCUT2D eigenvalue weighted by molar-refractivity contribution is 0.0462. The third kappa shape index (κ3) is 3.14. The highest BCUT2D eigenvalue weighted by molar-refractivity contribution is 7.13. The van der Waals surface area contributed by atoms with Crippen LogP contribution in [-0.4, -0.2) is 20.3 Å². The zero-order valence-electron chi connectivity index (χ0n) is 13.7. The Bertz CT molecular complexity index is 1140. The normalized spacial score (nSPS) is 11.0. The van der Waals surface area contributed by atoms with Crippen LogP contribution >= 0.6 is 11.3 Å². The van der Waals surface area contributed by atoms with Gasteiger partial charge in [-0.1, -0.05) is 6.07 Å². The van der Waals surface area contributed by atoms with Crippen molar-refractivity contribution < 1.29 is 13.9 Å². The van der Waals surface area contributed by atoms with E-state index in [1.54, 1.807) is 36.0 Å². The summed E-state index contributed by atoms with van der Waals surface area (Å²) in [6.07, 6.45) is 3.26. The Hall–Kier alpha value is -3.26. The summed E-state index contributed by atoms with van der Waals surface area (Å²) in [5, 5.41) is 2.20. The highest BCUT2D eigenvalue weighted by Gasteiger charge is 2.15. The number of aryl methyl sites for hydroxylation is 1. The molecule has 0 radical (unpaired) electrons. The molecule has 4 aromatic rings. The number of furan rings is 1. The molecule has 0 aromatic carbocycles. The fourth-order valence-electron chi connectivity index (χ4n) is 2.43. The third-order valence-electron chi connectivity index (χ3n) is 3.66. The summed E-state index contributed by atoms with van der Waals surface area (Å²) < 4.78 is 11.9. The van der Waals surface area contributed by atoms with Crippen LogP contribution in [0.15, 0.2) is 57.4 Å². The minimum Gasteiger partial charge on any atom is -0.462 e. The second-order valence-electron chi connectivity index (χ2n) is 5.61. The van der Waals surface area contributed by atoms with Gasteiger partial charge in [0.1, 0.15) is 12.3 Å². The number of fused-ring (bicyclic) bond motifs is 1. The van der Waals surface area contributed by atoms with Gasteiger partial charge in [-0.15, -0.1) is 11.3 Å². The van der Waals surface area contributed by atoms with Gasteiger partial charge in [-0.2, -0.15) is 0 Å². The molecule has 130 valence electrons. The van der Waals surface area contributed by atoms with E-state index in [4.69, 9.17) is 9.15 Å². The molecule has 8 heteroatoms. The summed E-state index contributed by atoms with van der Waals surface area (Å²) in [4.78, 5) is 32.9. The molecule has 0 spiro atoms. The van der Waals surface area contributed by atoms with Gasteiger partial charge in [0.25, 0.3) is 5.56 Å². The lowest BCUT2D eigenvalue weighted by Crippen LogP contribution is -2.17. The standard InChI is InChI=1S/C18H13N3O4S/c1-11-4-5-15-19-12(7-16(22)21(15)8-11)9-25-18(23)13-10-26-17(20-13)14-3-2-6-24-14/h2-8,10H,9H2,1H3. The molecule has 0 N–H and O–H groups in total. The second kappa shape index (κ2) is 6.57. The summed E-state index contributed by atoms with van der Waals surface area (Å²) in [5.41, 5.74) is 1.81. The van der Waals surface area contributed by atoms with Crippen molar-refractivity contribution in [1.82, 2.24) is 14.4 Å². The molecule has 0 fully saturated rings. The monoisotopic (exact) mass is 367 g/mol. The first kappa shape index (κ1) is 16.2. The van der Waals surface area contributed by atoms with Crippen molar-refractivity contribution in [3.05, 3.63) is 75.5 Å². The average molecular weight is 367 g/mol. The quantitative estimate of drug-likeness (QED) is 0.515. The van der Waals surface area contributed by atoms with Crippen LogP contribution in [0.25, 0.3) is 16.4 Å². The van der Waals surface area contributed by atoms with Gasteiger partial charge in [0, 0.05) is 17.6 Å². The molecule has 4 rings (SSSR count). The molecule has 7 nitrogen and oxygen atoms in total. The molecule has 0 unspecified atom stereocenters. The van der Waals surface area contributed by atoms with Gasteiger partial charge < -0.3 is 9.15 Å². The number of hydrogen-bond donors (Lipinski definition) is 0. The van der Waals surface area contributed by atoms with Crippen LogP contribution < -0.4 is 5.56 Å². The fraction of sp³-hybridized carbons (Fsp3) is 0.111. The van der Waals surface area contributed by atoms with Crippen molar-refractivity contribution in [3.63, 3.8) is 0 Å². The Balaban J connectivity index is 1.50. The van der Waals surface area contributed by atoms with E-state index in [0.717, 1.165) is 5.56 Å². The van der Waals surface area contributed by atoms with Crippen LogP contribution in [0.4, 0.5) is 0 Å². The molecule has 0 aliphatic heterocycles. The minimum absolute atomic E-state index is 0.105. The highest BCUT2D eigenvalue weighted by Crippen LogP contribution is 2.24. The van der Waals surface area contributed by atoms with E-state index >= 15 is 0 Å². The van der Waals surface area contributed by atoms with E-state index in [-0.39, 0.29) is 17.9 Å². The van der Waals surface area contributed by atoms with Gasteiger partial charge in [0.05, 0.1) is 12.0 Å². The van der Waals surface area contributed by atoms with Crippen LogP contribution in [0, 0.1) is 6.92 Å². The Labute approximate surface area is 151 Å². The molecule has 0 aliphatic carbocycles. The van der Waals surface area contributed by atoms with E-state index in [0.29, 0.717) is 22.1 Å². The van der Waals surface area contributed by atoms with E-state index in [1.807, 2.05) is 13.0 Å². The van der Waals surface area contributed by atoms with Crippen molar-refractivity contribution in [1.29, 1.82) is 0 Å². The number of rotatable bonds is 4. The van der Waals surface area contributed by atoms with Crippen LogP contribution in [0.2, 0.25) is 0 Å². The number of nitrogens with zero attached hydrogens (tertiary/aromatic N) is 3. The van der Waals surface area contributed by atoms with Crippen molar-refractivity contribution in [2.75, 3.05) is 0 Å². The van der Waals surface area contributed by atoms with Crippen molar-refractivity contribution >= 4 is 23.0 Å². The van der Waals surface area contributed by atoms with Crippen molar-refractivity contribution in [3.8, 4) is 10.8 Å². The van der Waals surface area contributed by atoms with Crippen LogP contribution in [0.3, 0.4) is 0 Å². The van der Waals surface area contributed by atoms with Crippen molar-refractivity contribution in [2.24, 2.45) is 0 Å². The van der Waals surface area contributed by atoms with Gasteiger partial charge in [-0.25, -0.2) is 14.8 Å². The maximum absolute atomic E-state index is 12.2. The first-order chi connectivity index (χ1) is 12.6. The number of aromatic nitrogens is 3. The summed E-state index contributed by atoms with van der Waals surface area (Å²) >= 11 is 1.29. The Kier molecular flexibility index (Phi) is 4.10. The molecule has 0 atom stereocenters. The van der Waals surface area contributed by atoms with E-state index in [1.165, 1.54) is 21.8 Å². The molecular formula is C18H13N3O4S. The molecule has 4 aromatic heterocycles. The number of hydrogen-bond acceptors (Lipinski definition) is 7. The second-order valence-corrected chi connectivity index (χ2v) is 6.47. The van der Waals surface area contributed by atoms with E-state index in [2.05, 4.69) is 9.97 Å². The summed E-state index contributed by atoms with van der Waals surface area (Å²) in [5.74, 6) is 0.0125. The maximum atomic E-state index is 12.2. The number of ether oxygens (including phenoxy) is 1. The number of thiazole rings is 1. The Morgan fingerprint density at radius 3 is 3.00 bits per heavy atom. The maximum Gasteiger partial charge on any atom is 0.358 e. The lowest BCUT2D eigenvalue weighted by Gasteiger charge is -2.05. The highest BCUT2D eigenvalue weighted by atomic mass is 32.1. The molecule has 4 heterocycles. The number of esters is 1. The van der Waals surface area contributed by atoms with Crippen LogP contribution in [0.5, 0.6) is 0 Å². The first-order valence-electron chi connectivity index (χ1n) is 7.75. The largest absolute Gasteiger partial charge is 0.462 e. The van der Waals surface area contributed by atoms with Gasteiger partial charge in [-0.3, -0.25) is 9.20 Å². The van der Waals surface area contributed by atoms with E-state index < -0.39 is 5.97 Å². The predicted octanol–water partition coefficient (Wildman–Crippen LogP) is 3.08. The van der Waals surface area contributed by atoms with Crippen LogP contribution in [-0.2, 0) is 11.3 Å². The average Bonchev–Trinajstić information content (AvgIpc) is 3.31. The van der Waals surface area contributed by atoms with Crippen LogP contribution in [0.1, 0.15) is 21.7 Å². The predicted molar refractivity (Wildman–Crippen MR) is 95.1 cm³/mol. The van der Waals surface area contributed by atoms with Gasteiger partial charge in [-0.05, 0) is 30.7 Å².